The smallest absolute Gasteiger partial charge is 0.251 e. The van der Waals surface area contributed by atoms with Crippen molar-refractivity contribution >= 4 is 5.91 Å². The second kappa shape index (κ2) is 7.55. The molecule has 2 aliphatic heterocycles. The summed E-state index contributed by atoms with van der Waals surface area (Å²) in [5.41, 5.74) is 1.44. The summed E-state index contributed by atoms with van der Waals surface area (Å²) in [7, 11) is 0. The van der Waals surface area contributed by atoms with E-state index in [0.29, 0.717) is 37.7 Å². The molecule has 6 nitrogen and oxygen atoms in total. The van der Waals surface area contributed by atoms with Crippen molar-refractivity contribution in [1.82, 2.24) is 14.8 Å². The zero-order chi connectivity index (χ0) is 17.9. The fourth-order valence-corrected chi connectivity index (χ4v) is 3.47. The highest BCUT2D eigenvalue weighted by molar-refractivity contribution is 5.81. The Balaban J connectivity index is 1.31. The van der Waals surface area contributed by atoms with Crippen LogP contribution in [0.15, 0.2) is 34.9 Å². The third kappa shape index (κ3) is 3.78. The Morgan fingerprint density at radius 3 is 2.85 bits per heavy atom. The number of carbonyl (C=O) groups excluding carboxylic acids is 1. The van der Waals surface area contributed by atoms with E-state index in [1.165, 1.54) is 12.1 Å². The maximum Gasteiger partial charge on any atom is 0.251 e. The highest BCUT2D eigenvalue weighted by Gasteiger charge is 2.30. The molecular weight excluding hydrogens is 337 g/mol. The second-order valence-corrected chi connectivity index (χ2v) is 6.76. The number of rotatable bonds is 4. The van der Waals surface area contributed by atoms with Crippen LogP contribution in [-0.4, -0.2) is 59.6 Å². The molecule has 2 aromatic rings. The molecule has 7 heteroatoms. The van der Waals surface area contributed by atoms with Crippen molar-refractivity contribution in [3.8, 4) is 11.5 Å². The first kappa shape index (κ1) is 17.2. The molecule has 2 saturated heterocycles. The van der Waals surface area contributed by atoms with E-state index in [-0.39, 0.29) is 17.8 Å². The van der Waals surface area contributed by atoms with Gasteiger partial charge in [-0.15, -0.1) is 0 Å². The molecule has 1 aromatic heterocycles. The molecule has 2 aliphatic rings. The summed E-state index contributed by atoms with van der Waals surface area (Å²) in [5.74, 6) is 0.234. The number of benzene rings is 1. The number of ether oxygens (including phenoxy) is 1. The molecule has 26 heavy (non-hydrogen) atoms. The van der Waals surface area contributed by atoms with Gasteiger partial charge in [-0.3, -0.25) is 9.69 Å². The van der Waals surface area contributed by atoms with E-state index in [0.717, 1.165) is 31.6 Å². The van der Waals surface area contributed by atoms with Crippen molar-refractivity contribution in [2.75, 3.05) is 32.8 Å². The Labute approximate surface area is 151 Å². The standard InChI is InChI=1S/C19H22FN3O3/c20-15-4-1-3-14(11-15)18-21-16(13-26-18)12-22-6-8-23(9-7-22)19(24)17-5-2-10-25-17/h1,3-4,11,13,17H,2,5-10,12H2/t17-/m1/s1. The summed E-state index contributed by atoms with van der Waals surface area (Å²) in [5, 5.41) is 0. The van der Waals surface area contributed by atoms with Gasteiger partial charge in [0.2, 0.25) is 5.89 Å². The van der Waals surface area contributed by atoms with Crippen LogP contribution in [0.3, 0.4) is 0 Å². The summed E-state index contributed by atoms with van der Waals surface area (Å²) < 4.78 is 24.3. The fraction of sp³-hybridized carbons (Fsp3) is 0.474. The molecule has 3 heterocycles. The first-order chi connectivity index (χ1) is 12.7. The van der Waals surface area contributed by atoms with E-state index in [4.69, 9.17) is 9.15 Å². The number of hydrogen-bond donors (Lipinski definition) is 0. The second-order valence-electron chi connectivity index (χ2n) is 6.76. The Bertz CT molecular complexity index is 765. The molecule has 0 saturated carbocycles. The van der Waals surface area contributed by atoms with E-state index < -0.39 is 0 Å². The van der Waals surface area contributed by atoms with Crippen LogP contribution in [-0.2, 0) is 16.1 Å². The molecule has 0 aliphatic carbocycles. The average Bonchev–Trinajstić information content (AvgIpc) is 3.34. The van der Waals surface area contributed by atoms with Gasteiger partial charge in [-0.1, -0.05) is 6.07 Å². The fourth-order valence-electron chi connectivity index (χ4n) is 3.47. The van der Waals surface area contributed by atoms with E-state index in [9.17, 15) is 9.18 Å². The third-order valence-corrected chi connectivity index (χ3v) is 4.90. The lowest BCUT2D eigenvalue weighted by Crippen LogP contribution is -2.51. The van der Waals surface area contributed by atoms with Crippen LogP contribution < -0.4 is 0 Å². The van der Waals surface area contributed by atoms with Crippen molar-refractivity contribution in [3.63, 3.8) is 0 Å². The van der Waals surface area contributed by atoms with Crippen molar-refractivity contribution in [3.05, 3.63) is 42.0 Å². The quantitative estimate of drug-likeness (QED) is 0.838. The zero-order valence-electron chi connectivity index (χ0n) is 14.6. The van der Waals surface area contributed by atoms with Gasteiger partial charge in [0.1, 0.15) is 18.2 Å². The van der Waals surface area contributed by atoms with Crippen LogP contribution in [0, 0.1) is 5.82 Å². The van der Waals surface area contributed by atoms with Crippen molar-refractivity contribution in [1.29, 1.82) is 0 Å². The molecule has 2 fully saturated rings. The first-order valence-electron chi connectivity index (χ1n) is 9.02. The lowest BCUT2D eigenvalue weighted by molar-refractivity contribution is -0.142. The molecule has 1 aromatic carbocycles. The molecule has 0 bridgehead atoms. The minimum Gasteiger partial charge on any atom is -0.444 e. The summed E-state index contributed by atoms with van der Waals surface area (Å²) >= 11 is 0. The number of amides is 1. The predicted octanol–water partition coefficient (Wildman–Crippen LogP) is 2.30. The number of carbonyl (C=O) groups is 1. The molecule has 0 unspecified atom stereocenters. The topological polar surface area (TPSA) is 58.8 Å². The summed E-state index contributed by atoms with van der Waals surface area (Å²) in [6.45, 7) is 4.33. The Morgan fingerprint density at radius 1 is 1.27 bits per heavy atom. The van der Waals surface area contributed by atoms with Gasteiger partial charge in [-0.25, -0.2) is 9.37 Å². The van der Waals surface area contributed by atoms with Crippen LogP contribution in [0.2, 0.25) is 0 Å². The lowest BCUT2D eigenvalue weighted by Gasteiger charge is -2.35. The highest BCUT2D eigenvalue weighted by Crippen LogP contribution is 2.21. The number of nitrogens with zero attached hydrogens (tertiary/aromatic N) is 3. The van der Waals surface area contributed by atoms with E-state index in [2.05, 4.69) is 9.88 Å². The predicted molar refractivity (Wildman–Crippen MR) is 92.7 cm³/mol. The Kier molecular flexibility index (Phi) is 4.99. The van der Waals surface area contributed by atoms with Crippen LogP contribution >= 0.6 is 0 Å². The van der Waals surface area contributed by atoms with Gasteiger partial charge >= 0.3 is 0 Å². The Hall–Kier alpha value is -2.25. The van der Waals surface area contributed by atoms with Crippen LogP contribution in [0.5, 0.6) is 0 Å². The normalized spacial score (nSPS) is 21.3. The number of piperazine rings is 1. The maximum absolute atomic E-state index is 13.3. The third-order valence-electron chi connectivity index (χ3n) is 4.90. The van der Waals surface area contributed by atoms with Crippen LogP contribution in [0.25, 0.3) is 11.5 Å². The minimum absolute atomic E-state index is 0.122. The van der Waals surface area contributed by atoms with Gasteiger partial charge in [0.15, 0.2) is 0 Å². The molecule has 1 atom stereocenters. The van der Waals surface area contributed by atoms with Crippen LogP contribution in [0.4, 0.5) is 4.39 Å². The van der Waals surface area contributed by atoms with E-state index >= 15 is 0 Å². The summed E-state index contributed by atoms with van der Waals surface area (Å²) in [4.78, 5) is 21.0. The summed E-state index contributed by atoms with van der Waals surface area (Å²) in [6, 6.07) is 6.21. The van der Waals surface area contributed by atoms with Crippen LogP contribution in [0.1, 0.15) is 18.5 Å². The van der Waals surface area contributed by atoms with Gasteiger partial charge < -0.3 is 14.1 Å². The van der Waals surface area contributed by atoms with Gasteiger partial charge in [0, 0.05) is 44.9 Å². The molecular formula is C19H22FN3O3. The zero-order valence-corrected chi connectivity index (χ0v) is 14.6. The highest BCUT2D eigenvalue weighted by atomic mass is 19.1. The number of hydrogen-bond acceptors (Lipinski definition) is 5. The van der Waals surface area contributed by atoms with Gasteiger partial charge in [0.25, 0.3) is 5.91 Å². The molecule has 1 amide bonds. The van der Waals surface area contributed by atoms with Gasteiger partial charge in [-0.05, 0) is 31.0 Å². The molecule has 4 rings (SSSR count). The SMILES string of the molecule is O=C([C@H]1CCCO1)N1CCN(Cc2coc(-c3cccc(F)c3)n2)CC1. The number of oxazole rings is 1. The van der Waals surface area contributed by atoms with Crippen molar-refractivity contribution in [2.24, 2.45) is 0 Å². The molecule has 138 valence electrons. The monoisotopic (exact) mass is 359 g/mol. The summed E-state index contributed by atoms with van der Waals surface area (Å²) in [6.07, 6.45) is 3.17. The van der Waals surface area contributed by atoms with E-state index in [1.54, 1.807) is 18.4 Å². The van der Waals surface area contributed by atoms with Gasteiger partial charge in [-0.2, -0.15) is 0 Å². The molecule has 0 spiro atoms. The number of aromatic nitrogens is 1. The minimum atomic E-state index is -0.311. The largest absolute Gasteiger partial charge is 0.444 e. The van der Waals surface area contributed by atoms with Crippen molar-refractivity contribution in [2.45, 2.75) is 25.5 Å². The van der Waals surface area contributed by atoms with E-state index in [1.807, 2.05) is 4.90 Å². The van der Waals surface area contributed by atoms with Crippen molar-refractivity contribution < 1.29 is 18.3 Å². The Morgan fingerprint density at radius 2 is 2.12 bits per heavy atom. The molecule has 0 radical (unpaired) electrons. The number of halogens is 1. The van der Waals surface area contributed by atoms with Gasteiger partial charge in [0.05, 0.1) is 5.69 Å². The first-order valence-corrected chi connectivity index (χ1v) is 9.02. The average molecular weight is 359 g/mol. The molecule has 0 N–H and O–H groups in total. The maximum atomic E-state index is 13.3. The lowest BCUT2D eigenvalue weighted by atomic mass is 10.2.